The maximum atomic E-state index is 10.9. The highest BCUT2D eigenvalue weighted by molar-refractivity contribution is 5.62. The summed E-state index contributed by atoms with van der Waals surface area (Å²) in [4.78, 5) is 10.6. The first kappa shape index (κ1) is 11.9. The van der Waals surface area contributed by atoms with Gasteiger partial charge in [0.1, 0.15) is 5.69 Å². The van der Waals surface area contributed by atoms with Crippen LogP contribution in [0.2, 0.25) is 0 Å². The van der Waals surface area contributed by atoms with Gasteiger partial charge in [-0.05, 0) is 18.9 Å². The molecular formula is C12H17N3O2. The second kappa shape index (κ2) is 4.71. The molecule has 0 aliphatic heterocycles. The Kier molecular flexibility index (Phi) is 3.28. The second-order valence-electron chi connectivity index (χ2n) is 4.59. The molecule has 0 radical (unpaired) electrons. The highest BCUT2D eigenvalue weighted by Crippen LogP contribution is 2.35. The zero-order valence-electron chi connectivity index (χ0n) is 9.69. The molecule has 0 amide bonds. The highest BCUT2D eigenvalue weighted by Gasteiger charge is 2.33. The Bertz CT molecular complexity index is 414. The molecule has 1 saturated carbocycles. The lowest BCUT2D eigenvalue weighted by Crippen LogP contribution is -2.42. The van der Waals surface area contributed by atoms with Crippen LogP contribution >= 0.6 is 0 Å². The van der Waals surface area contributed by atoms with Gasteiger partial charge in [0.15, 0.2) is 0 Å². The van der Waals surface area contributed by atoms with Gasteiger partial charge in [-0.2, -0.15) is 0 Å². The van der Waals surface area contributed by atoms with Crippen LogP contribution in [-0.4, -0.2) is 17.0 Å². The van der Waals surface area contributed by atoms with E-state index in [4.69, 9.17) is 5.73 Å². The first-order valence-electron chi connectivity index (χ1n) is 5.89. The van der Waals surface area contributed by atoms with Gasteiger partial charge in [0.25, 0.3) is 5.69 Å². The Morgan fingerprint density at radius 3 is 2.59 bits per heavy atom. The van der Waals surface area contributed by atoms with Crippen molar-refractivity contribution in [3.8, 4) is 0 Å². The van der Waals surface area contributed by atoms with Crippen LogP contribution in [-0.2, 0) is 0 Å². The molecule has 1 aromatic carbocycles. The van der Waals surface area contributed by atoms with Crippen molar-refractivity contribution in [2.24, 2.45) is 5.73 Å². The number of nitro benzene ring substituents is 1. The van der Waals surface area contributed by atoms with Gasteiger partial charge in [0, 0.05) is 18.2 Å². The van der Waals surface area contributed by atoms with E-state index >= 15 is 0 Å². The fourth-order valence-corrected chi connectivity index (χ4v) is 2.46. The normalized spacial score (nSPS) is 17.9. The third-order valence-corrected chi connectivity index (χ3v) is 3.45. The summed E-state index contributed by atoms with van der Waals surface area (Å²) in [7, 11) is 0. The molecule has 0 aromatic heterocycles. The van der Waals surface area contributed by atoms with E-state index in [1.807, 2.05) is 0 Å². The second-order valence-corrected chi connectivity index (χ2v) is 4.59. The minimum absolute atomic E-state index is 0.118. The fourth-order valence-electron chi connectivity index (χ4n) is 2.46. The standard InChI is InChI=1S/C12H17N3O2/c13-9-12(7-3-4-8-12)14-10-5-1-2-6-11(10)15(16)17/h1-2,5-6,14H,3-4,7-9,13H2. The van der Waals surface area contributed by atoms with Crippen LogP contribution in [0.5, 0.6) is 0 Å². The molecule has 1 aliphatic carbocycles. The lowest BCUT2D eigenvalue weighted by Gasteiger charge is -2.29. The summed E-state index contributed by atoms with van der Waals surface area (Å²) in [6.07, 6.45) is 4.22. The molecule has 1 aliphatic rings. The van der Waals surface area contributed by atoms with Crippen LogP contribution < -0.4 is 11.1 Å². The molecule has 0 bridgehead atoms. The molecule has 17 heavy (non-hydrogen) atoms. The maximum absolute atomic E-state index is 10.9. The average Bonchev–Trinajstić information content (AvgIpc) is 2.79. The molecule has 5 heteroatoms. The van der Waals surface area contributed by atoms with Crippen molar-refractivity contribution in [1.29, 1.82) is 0 Å². The Hall–Kier alpha value is -1.62. The van der Waals surface area contributed by atoms with Gasteiger partial charge in [-0.25, -0.2) is 0 Å². The fraction of sp³-hybridized carbons (Fsp3) is 0.500. The van der Waals surface area contributed by atoms with Crippen molar-refractivity contribution >= 4 is 11.4 Å². The Labute approximate surface area is 100 Å². The molecule has 0 saturated heterocycles. The molecule has 5 nitrogen and oxygen atoms in total. The van der Waals surface area contributed by atoms with Crippen LogP contribution in [0.15, 0.2) is 24.3 Å². The van der Waals surface area contributed by atoms with Crippen molar-refractivity contribution in [1.82, 2.24) is 0 Å². The molecule has 1 fully saturated rings. The molecule has 1 aromatic rings. The predicted molar refractivity (Wildman–Crippen MR) is 67.0 cm³/mol. The zero-order valence-corrected chi connectivity index (χ0v) is 9.69. The van der Waals surface area contributed by atoms with Crippen molar-refractivity contribution in [3.05, 3.63) is 34.4 Å². The van der Waals surface area contributed by atoms with Crippen LogP contribution in [0.4, 0.5) is 11.4 Å². The maximum Gasteiger partial charge on any atom is 0.292 e. The van der Waals surface area contributed by atoms with E-state index in [0.29, 0.717) is 12.2 Å². The van der Waals surface area contributed by atoms with Gasteiger partial charge >= 0.3 is 0 Å². The number of nitrogens with one attached hydrogen (secondary N) is 1. The summed E-state index contributed by atoms with van der Waals surface area (Å²) >= 11 is 0. The van der Waals surface area contributed by atoms with E-state index in [1.54, 1.807) is 18.2 Å². The van der Waals surface area contributed by atoms with Crippen LogP contribution in [0.1, 0.15) is 25.7 Å². The summed E-state index contributed by atoms with van der Waals surface area (Å²) in [5, 5.41) is 14.2. The summed E-state index contributed by atoms with van der Waals surface area (Å²) in [5.41, 5.74) is 6.34. The molecule has 2 rings (SSSR count). The highest BCUT2D eigenvalue weighted by atomic mass is 16.6. The Balaban J connectivity index is 2.26. The topological polar surface area (TPSA) is 81.2 Å². The largest absolute Gasteiger partial charge is 0.373 e. The van der Waals surface area contributed by atoms with Crippen LogP contribution in [0.3, 0.4) is 0 Å². The van der Waals surface area contributed by atoms with Crippen LogP contribution in [0, 0.1) is 10.1 Å². The van der Waals surface area contributed by atoms with Crippen molar-refractivity contribution < 1.29 is 4.92 Å². The number of nitro groups is 1. The minimum atomic E-state index is -0.360. The first-order valence-corrected chi connectivity index (χ1v) is 5.89. The van der Waals surface area contributed by atoms with Gasteiger partial charge in [0.2, 0.25) is 0 Å². The van der Waals surface area contributed by atoms with E-state index < -0.39 is 0 Å². The molecule has 0 spiro atoms. The number of nitrogens with zero attached hydrogens (tertiary/aromatic N) is 1. The predicted octanol–water partition coefficient (Wildman–Crippen LogP) is 2.28. The van der Waals surface area contributed by atoms with E-state index in [1.165, 1.54) is 6.07 Å². The van der Waals surface area contributed by atoms with E-state index in [-0.39, 0.29) is 16.1 Å². The van der Waals surface area contributed by atoms with E-state index in [2.05, 4.69) is 5.32 Å². The molecule has 0 heterocycles. The third kappa shape index (κ3) is 2.39. The van der Waals surface area contributed by atoms with Crippen molar-refractivity contribution in [3.63, 3.8) is 0 Å². The number of hydrogen-bond acceptors (Lipinski definition) is 4. The van der Waals surface area contributed by atoms with E-state index in [9.17, 15) is 10.1 Å². The summed E-state index contributed by atoms with van der Waals surface area (Å²) < 4.78 is 0. The number of para-hydroxylation sites is 2. The molecular weight excluding hydrogens is 218 g/mol. The van der Waals surface area contributed by atoms with Crippen LogP contribution in [0.25, 0.3) is 0 Å². The molecule has 0 unspecified atom stereocenters. The Morgan fingerprint density at radius 1 is 1.35 bits per heavy atom. The lowest BCUT2D eigenvalue weighted by molar-refractivity contribution is -0.384. The monoisotopic (exact) mass is 235 g/mol. The number of nitrogens with two attached hydrogens (primary N) is 1. The summed E-state index contributed by atoms with van der Waals surface area (Å²) in [6.45, 7) is 0.513. The zero-order chi connectivity index (χ0) is 12.3. The minimum Gasteiger partial charge on any atom is -0.373 e. The molecule has 92 valence electrons. The van der Waals surface area contributed by atoms with Crippen molar-refractivity contribution in [2.45, 2.75) is 31.2 Å². The molecule has 3 N–H and O–H groups in total. The lowest BCUT2D eigenvalue weighted by atomic mass is 9.97. The van der Waals surface area contributed by atoms with Gasteiger partial charge in [-0.15, -0.1) is 0 Å². The summed E-state index contributed by atoms with van der Waals surface area (Å²) in [6, 6.07) is 6.73. The molecule has 0 atom stereocenters. The first-order chi connectivity index (χ1) is 8.17. The Morgan fingerprint density at radius 2 is 2.00 bits per heavy atom. The number of anilines is 1. The smallest absolute Gasteiger partial charge is 0.292 e. The average molecular weight is 235 g/mol. The summed E-state index contributed by atoms with van der Waals surface area (Å²) in [5.74, 6) is 0. The number of benzene rings is 1. The SMILES string of the molecule is NCC1(Nc2ccccc2[N+](=O)[O-])CCCC1. The van der Waals surface area contributed by atoms with Gasteiger partial charge < -0.3 is 11.1 Å². The number of rotatable bonds is 4. The van der Waals surface area contributed by atoms with Crippen molar-refractivity contribution in [2.75, 3.05) is 11.9 Å². The number of hydrogen-bond donors (Lipinski definition) is 2. The quantitative estimate of drug-likeness (QED) is 0.619. The third-order valence-electron chi connectivity index (χ3n) is 3.45. The van der Waals surface area contributed by atoms with Gasteiger partial charge in [-0.1, -0.05) is 25.0 Å². The van der Waals surface area contributed by atoms with Gasteiger partial charge in [-0.3, -0.25) is 10.1 Å². The van der Waals surface area contributed by atoms with E-state index in [0.717, 1.165) is 25.7 Å². The van der Waals surface area contributed by atoms with Gasteiger partial charge in [0.05, 0.1) is 4.92 Å².